The Bertz CT molecular complexity index is 710. The highest BCUT2D eigenvalue weighted by Crippen LogP contribution is 2.28. The highest BCUT2D eigenvalue weighted by Gasteiger charge is 2.24. The van der Waals surface area contributed by atoms with Crippen molar-refractivity contribution in [2.24, 2.45) is 0 Å². The van der Waals surface area contributed by atoms with Gasteiger partial charge >= 0.3 is 11.9 Å². The van der Waals surface area contributed by atoms with Crippen molar-refractivity contribution in [3.63, 3.8) is 0 Å². The molecule has 0 saturated carbocycles. The summed E-state index contributed by atoms with van der Waals surface area (Å²) in [5, 5.41) is 0. The Balaban J connectivity index is 2.29. The molecule has 0 aliphatic heterocycles. The van der Waals surface area contributed by atoms with Gasteiger partial charge in [0.1, 0.15) is 0 Å². The molecule has 1 aromatic carbocycles. The van der Waals surface area contributed by atoms with Crippen molar-refractivity contribution in [1.82, 2.24) is 4.98 Å². The molecule has 23 heavy (non-hydrogen) atoms. The highest BCUT2D eigenvalue weighted by molar-refractivity contribution is 5.89. The van der Waals surface area contributed by atoms with Crippen LogP contribution in [0.15, 0.2) is 28.7 Å². The Hall–Kier alpha value is -3.03. The number of ether oxygens (including phenoxy) is 3. The summed E-state index contributed by atoms with van der Waals surface area (Å²) in [5.74, 6) is -1.63. The summed E-state index contributed by atoms with van der Waals surface area (Å²) in [7, 11) is 1.19. The maximum absolute atomic E-state index is 11.7. The maximum atomic E-state index is 11.7. The van der Waals surface area contributed by atoms with E-state index in [1.165, 1.54) is 7.11 Å². The van der Waals surface area contributed by atoms with E-state index in [0.29, 0.717) is 11.3 Å². The number of nitrogen functional groups attached to an aromatic ring is 1. The smallest absolute Gasteiger partial charge is 0.379 e. The van der Waals surface area contributed by atoms with Gasteiger partial charge in [0.2, 0.25) is 5.89 Å². The quantitative estimate of drug-likeness (QED) is 0.631. The van der Waals surface area contributed by atoms with Crippen LogP contribution in [0.1, 0.15) is 17.5 Å². The van der Waals surface area contributed by atoms with Gasteiger partial charge in [-0.1, -0.05) is 6.07 Å². The van der Waals surface area contributed by atoms with Gasteiger partial charge in [0, 0.05) is 11.3 Å². The van der Waals surface area contributed by atoms with E-state index in [2.05, 4.69) is 9.72 Å². The van der Waals surface area contributed by atoms with Gasteiger partial charge in [-0.3, -0.25) is 0 Å². The van der Waals surface area contributed by atoms with E-state index < -0.39 is 18.5 Å². The number of esters is 2. The minimum Gasteiger partial charge on any atom is -0.463 e. The zero-order chi connectivity index (χ0) is 16.8. The fraction of sp³-hybridized carbons (Fsp3) is 0.267. The van der Waals surface area contributed by atoms with E-state index in [1.54, 1.807) is 31.2 Å². The van der Waals surface area contributed by atoms with Crippen molar-refractivity contribution in [1.29, 1.82) is 0 Å². The van der Waals surface area contributed by atoms with E-state index in [9.17, 15) is 9.59 Å². The largest absolute Gasteiger partial charge is 0.463 e. The molecular formula is C15H16N2O6. The standard InChI is InChI=1S/C15H16N2O6/c1-3-21-11(18)8-22-14-12(15(19)20-2)23-13(17-14)9-5-4-6-10(16)7-9/h4-7H,3,8,16H2,1-2H3. The second-order valence-electron chi connectivity index (χ2n) is 4.36. The van der Waals surface area contributed by atoms with E-state index in [4.69, 9.17) is 19.6 Å². The number of nitrogens with two attached hydrogens (primary N) is 1. The predicted molar refractivity (Wildman–Crippen MR) is 79.8 cm³/mol. The number of oxazole rings is 1. The van der Waals surface area contributed by atoms with Crippen molar-refractivity contribution in [3.8, 4) is 17.3 Å². The molecular weight excluding hydrogens is 304 g/mol. The van der Waals surface area contributed by atoms with Gasteiger partial charge in [-0.25, -0.2) is 9.59 Å². The Labute approximate surface area is 132 Å². The molecule has 8 heteroatoms. The van der Waals surface area contributed by atoms with Gasteiger partial charge in [-0.05, 0) is 25.1 Å². The molecule has 8 nitrogen and oxygen atoms in total. The molecule has 0 bridgehead atoms. The number of benzene rings is 1. The highest BCUT2D eigenvalue weighted by atomic mass is 16.6. The number of methoxy groups -OCH3 is 1. The van der Waals surface area contributed by atoms with Gasteiger partial charge in [0.25, 0.3) is 11.6 Å². The Morgan fingerprint density at radius 1 is 1.35 bits per heavy atom. The van der Waals surface area contributed by atoms with Crippen molar-refractivity contribution < 1.29 is 28.2 Å². The van der Waals surface area contributed by atoms with Crippen molar-refractivity contribution in [2.45, 2.75) is 6.92 Å². The summed E-state index contributed by atoms with van der Waals surface area (Å²) in [6, 6.07) is 6.75. The SMILES string of the molecule is CCOC(=O)COc1nc(-c2cccc(N)c2)oc1C(=O)OC. The first kappa shape index (κ1) is 16.3. The zero-order valence-corrected chi connectivity index (χ0v) is 12.7. The topological polar surface area (TPSA) is 114 Å². The van der Waals surface area contributed by atoms with E-state index in [1.807, 2.05) is 0 Å². The first-order valence-corrected chi connectivity index (χ1v) is 6.78. The lowest BCUT2D eigenvalue weighted by Crippen LogP contribution is -2.16. The normalized spacial score (nSPS) is 10.2. The average molecular weight is 320 g/mol. The minimum atomic E-state index is -0.772. The van der Waals surface area contributed by atoms with Crippen molar-refractivity contribution in [3.05, 3.63) is 30.0 Å². The number of nitrogens with zero attached hydrogens (tertiary/aromatic N) is 1. The molecule has 122 valence electrons. The lowest BCUT2D eigenvalue weighted by Gasteiger charge is -2.03. The molecule has 0 atom stereocenters. The minimum absolute atomic E-state index is 0.122. The third kappa shape index (κ3) is 4.00. The lowest BCUT2D eigenvalue weighted by atomic mass is 10.2. The summed E-state index contributed by atoms with van der Waals surface area (Å²) in [4.78, 5) is 27.2. The Morgan fingerprint density at radius 2 is 2.13 bits per heavy atom. The van der Waals surface area contributed by atoms with E-state index in [0.717, 1.165) is 0 Å². The van der Waals surface area contributed by atoms with Crippen molar-refractivity contribution in [2.75, 3.05) is 26.1 Å². The first-order valence-electron chi connectivity index (χ1n) is 6.78. The van der Waals surface area contributed by atoms with Crippen LogP contribution in [-0.2, 0) is 14.3 Å². The molecule has 0 radical (unpaired) electrons. The lowest BCUT2D eigenvalue weighted by molar-refractivity contribution is -0.145. The number of hydrogen-bond donors (Lipinski definition) is 1. The monoisotopic (exact) mass is 320 g/mol. The maximum Gasteiger partial charge on any atom is 0.379 e. The van der Waals surface area contributed by atoms with Crippen LogP contribution < -0.4 is 10.5 Å². The van der Waals surface area contributed by atoms with Gasteiger partial charge < -0.3 is 24.4 Å². The van der Waals surface area contributed by atoms with Crippen LogP contribution in [0.4, 0.5) is 5.69 Å². The molecule has 1 aromatic heterocycles. The molecule has 2 N–H and O–H groups in total. The van der Waals surface area contributed by atoms with Crippen LogP contribution in [0.25, 0.3) is 11.5 Å². The molecule has 1 heterocycles. The van der Waals surface area contributed by atoms with Gasteiger partial charge in [-0.15, -0.1) is 0 Å². The van der Waals surface area contributed by atoms with Gasteiger partial charge in [-0.2, -0.15) is 4.98 Å². The fourth-order valence-electron chi connectivity index (χ4n) is 1.75. The van der Waals surface area contributed by atoms with Crippen molar-refractivity contribution >= 4 is 17.6 Å². The second-order valence-corrected chi connectivity index (χ2v) is 4.36. The average Bonchev–Trinajstić information content (AvgIpc) is 2.97. The molecule has 0 aliphatic carbocycles. The molecule has 0 amide bonds. The van der Waals surface area contributed by atoms with E-state index >= 15 is 0 Å². The summed E-state index contributed by atoms with van der Waals surface area (Å²) < 4.78 is 19.9. The Kier molecular flexibility index (Phi) is 5.19. The first-order chi connectivity index (χ1) is 11.0. The third-order valence-corrected chi connectivity index (χ3v) is 2.73. The fourth-order valence-corrected chi connectivity index (χ4v) is 1.75. The van der Waals surface area contributed by atoms with Crippen LogP contribution in [0, 0.1) is 0 Å². The van der Waals surface area contributed by atoms with E-state index in [-0.39, 0.29) is 24.1 Å². The molecule has 0 fully saturated rings. The second kappa shape index (κ2) is 7.30. The number of rotatable bonds is 6. The molecule has 0 spiro atoms. The van der Waals surface area contributed by atoms with Crippen LogP contribution in [0.3, 0.4) is 0 Å². The summed E-state index contributed by atoms with van der Waals surface area (Å²) in [6.45, 7) is 1.49. The van der Waals surface area contributed by atoms with Gasteiger partial charge in [0.05, 0.1) is 13.7 Å². The number of anilines is 1. The number of carbonyl (C=O) groups is 2. The third-order valence-electron chi connectivity index (χ3n) is 2.73. The molecule has 0 saturated heterocycles. The summed E-state index contributed by atoms with van der Waals surface area (Å²) >= 11 is 0. The number of carbonyl (C=O) groups excluding carboxylic acids is 2. The summed E-state index contributed by atoms with van der Waals surface area (Å²) in [6.07, 6.45) is 0. The predicted octanol–water partition coefficient (Wildman–Crippen LogP) is 1.65. The van der Waals surface area contributed by atoms with Crippen LogP contribution in [0.5, 0.6) is 5.88 Å². The zero-order valence-electron chi connectivity index (χ0n) is 12.7. The summed E-state index contributed by atoms with van der Waals surface area (Å²) in [5.41, 5.74) is 6.77. The molecule has 2 rings (SSSR count). The van der Waals surface area contributed by atoms with Gasteiger partial charge in [0.15, 0.2) is 6.61 Å². The molecule has 0 unspecified atom stereocenters. The van der Waals surface area contributed by atoms with Crippen LogP contribution in [0.2, 0.25) is 0 Å². The number of hydrogen-bond acceptors (Lipinski definition) is 8. The Morgan fingerprint density at radius 3 is 2.78 bits per heavy atom. The molecule has 2 aromatic rings. The molecule has 0 aliphatic rings. The van der Waals surface area contributed by atoms with Crippen LogP contribution >= 0.6 is 0 Å². The van der Waals surface area contributed by atoms with Crippen LogP contribution in [-0.4, -0.2) is 37.2 Å². The number of aromatic nitrogens is 1.